The fourth-order valence-electron chi connectivity index (χ4n) is 2.43. The molecule has 0 bridgehead atoms. The summed E-state index contributed by atoms with van der Waals surface area (Å²) in [6.45, 7) is 1.36. The predicted octanol–water partition coefficient (Wildman–Crippen LogP) is 1.97. The number of hydrogen-bond donors (Lipinski definition) is 2. The van der Waals surface area contributed by atoms with Gasteiger partial charge in [-0.1, -0.05) is 12.8 Å². The maximum atomic E-state index is 9.83. The Morgan fingerprint density at radius 2 is 1.84 bits per heavy atom. The van der Waals surface area contributed by atoms with Crippen LogP contribution in [0.25, 0.3) is 0 Å². The van der Waals surface area contributed by atoms with Crippen molar-refractivity contribution >= 4 is 0 Å². The van der Waals surface area contributed by atoms with E-state index in [0.29, 0.717) is 6.61 Å². The van der Waals surface area contributed by atoms with Crippen molar-refractivity contribution < 1.29 is 14.6 Å². The molecule has 2 N–H and O–H groups in total. The van der Waals surface area contributed by atoms with Crippen molar-refractivity contribution in [1.29, 1.82) is 0 Å². The van der Waals surface area contributed by atoms with Gasteiger partial charge in [0.1, 0.15) is 18.1 Å². The normalized spacial score (nSPS) is 23.1. The number of ether oxygens (including phenoxy) is 2. The first-order valence-electron chi connectivity index (χ1n) is 6.98. The van der Waals surface area contributed by atoms with Gasteiger partial charge in [0.05, 0.1) is 13.2 Å². The van der Waals surface area contributed by atoms with Gasteiger partial charge in [-0.3, -0.25) is 0 Å². The molecule has 4 nitrogen and oxygen atoms in total. The molecule has 2 atom stereocenters. The van der Waals surface area contributed by atoms with Crippen molar-refractivity contribution in [2.75, 3.05) is 20.3 Å². The van der Waals surface area contributed by atoms with Crippen LogP contribution >= 0.6 is 0 Å². The van der Waals surface area contributed by atoms with E-state index >= 15 is 0 Å². The molecule has 1 fully saturated rings. The van der Waals surface area contributed by atoms with Crippen LogP contribution in [0.1, 0.15) is 25.7 Å². The second kappa shape index (κ2) is 7.36. The Morgan fingerprint density at radius 3 is 2.53 bits per heavy atom. The first-order chi connectivity index (χ1) is 9.29. The van der Waals surface area contributed by atoms with Gasteiger partial charge < -0.3 is 19.9 Å². The predicted molar refractivity (Wildman–Crippen MR) is 74.8 cm³/mol. The summed E-state index contributed by atoms with van der Waals surface area (Å²) < 4.78 is 10.7. The van der Waals surface area contributed by atoms with Gasteiger partial charge in [-0.15, -0.1) is 0 Å². The Hall–Kier alpha value is -1.26. The number of rotatable bonds is 6. The Labute approximate surface area is 114 Å². The van der Waals surface area contributed by atoms with E-state index in [9.17, 15) is 5.11 Å². The highest BCUT2D eigenvalue weighted by atomic mass is 16.5. The molecule has 0 spiro atoms. The zero-order valence-corrected chi connectivity index (χ0v) is 11.5. The average molecular weight is 265 g/mol. The molecule has 1 aliphatic carbocycles. The van der Waals surface area contributed by atoms with Gasteiger partial charge in [0.15, 0.2) is 0 Å². The zero-order valence-electron chi connectivity index (χ0n) is 11.5. The SMILES string of the molecule is COc1ccc(OCCNC2CCCCC2O)cc1. The molecule has 1 saturated carbocycles. The van der Waals surface area contributed by atoms with E-state index in [1.165, 1.54) is 6.42 Å². The summed E-state index contributed by atoms with van der Waals surface area (Å²) in [6.07, 6.45) is 4.12. The molecule has 0 heterocycles. The van der Waals surface area contributed by atoms with E-state index in [2.05, 4.69) is 5.32 Å². The van der Waals surface area contributed by atoms with Gasteiger partial charge >= 0.3 is 0 Å². The molecule has 0 aliphatic heterocycles. The van der Waals surface area contributed by atoms with Gasteiger partial charge in [-0.25, -0.2) is 0 Å². The molecular formula is C15H23NO3. The first kappa shape index (κ1) is 14.2. The van der Waals surface area contributed by atoms with Crippen LogP contribution < -0.4 is 14.8 Å². The fraction of sp³-hybridized carbons (Fsp3) is 0.600. The third-order valence-corrected chi connectivity index (χ3v) is 3.57. The van der Waals surface area contributed by atoms with Gasteiger partial charge in [0, 0.05) is 12.6 Å². The van der Waals surface area contributed by atoms with Crippen LogP contribution in [0.2, 0.25) is 0 Å². The summed E-state index contributed by atoms with van der Waals surface area (Å²) in [7, 11) is 1.65. The number of hydrogen-bond acceptors (Lipinski definition) is 4. The van der Waals surface area contributed by atoms with Crippen LogP contribution in [0.15, 0.2) is 24.3 Å². The minimum atomic E-state index is -0.199. The minimum absolute atomic E-state index is 0.199. The van der Waals surface area contributed by atoms with Crippen molar-refractivity contribution in [2.24, 2.45) is 0 Å². The number of aliphatic hydroxyl groups is 1. The second-order valence-electron chi connectivity index (χ2n) is 4.94. The summed E-state index contributed by atoms with van der Waals surface area (Å²) in [5.41, 5.74) is 0. The molecule has 19 heavy (non-hydrogen) atoms. The largest absolute Gasteiger partial charge is 0.497 e. The van der Waals surface area contributed by atoms with Gasteiger partial charge in [0.2, 0.25) is 0 Å². The highest BCUT2D eigenvalue weighted by Crippen LogP contribution is 2.18. The quantitative estimate of drug-likeness (QED) is 0.772. The molecule has 2 unspecified atom stereocenters. The van der Waals surface area contributed by atoms with E-state index in [4.69, 9.17) is 9.47 Å². The van der Waals surface area contributed by atoms with Gasteiger partial charge in [-0.2, -0.15) is 0 Å². The van der Waals surface area contributed by atoms with Crippen molar-refractivity contribution in [1.82, 2.24) is 5.32 Å². The molecule has 0 radical (unpaired) electrons. The van der Waals surface area contributed by atoms with Crippen molar-refractivity contribution in [3.05, 3.63) is 24.3 Å². The number of nitrogens with one attached hydrogen (secondary N) is 1. The molecule has 2 rings (SSSR count). The second-order valence-corrected chi connectivity index (χ2v) is 4.94. The summed E-state index contributed by atoms with van der Waals surface area (Å²) in [5, 5.41) is 13.2. The molecule has 106 valence electrons. The molecule has 1 aromatic rings. The Morgan fingerprint density at radius 1 is 1.16 bits per heavy atom. The lowest BCUT2D eigenvalue weighted by Crippen LogP contribution is -2.43. The van der Waals surface area contributed by atoms with E-state index in [0.717, 1.165) is 37.3 Å². The van der Waals surface area contributed by atoms with E-state index in [1.54, 1.807) is 7.11 Å². The Kier molecular flexibility index (Phi) is 5.48. The van der Waals surface area contributed by atoms with Crippen LogP contribution in [-0.2, 0) is 0 Å². The zero-order chi connectivity index (χ0) is 13.5. The fourth-order valence-corrected chi connectivity index (χ4v) is 2.43. The molecular weight excluding hydrogens is 242 g/mol. The lowest BCUT2D eigenvalue weighted by Gasteiger charge is -2.28. The van der Waals surface area contributed by atoms with E-state index in [1.807, 2.05) is 24.3 Å². The highest BCUT2D eigenvalue weighted by Gasteiger charge is 2.21. The van der Waals surface area contributed by atoms with Crippen molar-refractivity contribution in [3.8, 4) is 11.5 Å². The number of aliphatic hydroxyl groups excluding tert-OH is 1. The molecule has 0 saturated heterocycles. The molecule has 0 aromatic heterocycles. The maximum absolute atomic E-state index is 9.83. The monoisotopic (exact) mass is 265 g/mol. The summed E-state index contributed by atoms with van der Waals surface area (Å²) in [4.78, 5) is 0. The number of benzene rings is 1. The van der Waals surface area contributed by atoms with Crippen LogP contribution in [0.4, 0.5) is 0 Å². The standard InChI is InChI=1S/C15H23NO3/c1-18-12-6-8-13(9-7-12)19-11-10-16-14-4-2-3-5-15(14)17/h6-9,14-17H,2-5,10-11H2,1H3. The van der Waals surface area contributed by atoms with E-state index < -0.39 is 0 Å². The van der Waals surface area contributed by atoms with Gasteiger partial charge in [-0.05, 0) is 37.1 Å². The van der Waals surface area contributed by atoms with Crippen molar-refractivity contribution in [2.45, 2.75) is 37.8 Å². The highest BCUT2D eigenvalue weighted by molar-refractivity contribution is 5.31. The lowest BCUT2D eigenvalue weighted by molar-refractivity contribution is 0.0890. The Balaban J connectivity index is 1.65. The maximum Gasteiger partial charge on any atom is 0.119 e. The summed E-state index contributed by atoms with van der Waals surface area (Å²) in [5.74, 6) is 1.67. The molecule has 4 heteroatoms. The minimum Gasteiger partial charge on any atom is -0.497 e. The van der Waals surface area contributed by atoms with Crippen LogP contribution in [0, 0.1) is 0 Å². The van der Waals surface area contributed by atoms with Crippen LogP contribution in [-0.4, -0.2) is 37.5 Å². The van der Waals surface area contributed by atoms with Gasteiger partial charge in [0.25, 0.3) is 0 Å². The molecule has 1 aliphatic rings. The summed E-state index contributed by atoms with van der Waals surface area (Å²) in [6, 6.07) is 7.79. The van der Waals surface area contributed by atoms with Crippen LogP contribution in [0.3, 0.4) is 0 Å². The molecule has 0 amide bonds. The average Bonchev–Trinajstić information content (AvgIpc) is 2.46. The Bertz CT molecular complexity index is 366. The third-order valence-electron chi connectivity index (χ3n) is 3.57. The first-order valence-corrected chi connectivity index (χ1v) is 6.98. The molecule has 1 aromatic carbocycles. The lowest BCUT2D eigenvalue weighted by atomic mass is 9.93. The number of methoxy groups -OCH3 is 1. The van der Waals surface area contributed by atoms with Crippen LogP contribution in [0.5, 0.6) is 11.5 Å². The van der Waals surface area contributed by atoms with Crippen molar-refractivity contribution in [3.63, 3.8) is 0 Å². The third kappa shape index (κ3) is 4.40. The van der Waals surface area contributed by atoms with E-state index in [-0.39, 0.29) is 12.1 Å². The summed E-state index contributed by atoms with van der Waals surface area (Å²) >= 11 is 0. The topological polar surface area (TPSA) is 50.7 Å². The smallest absolute Gasteiger partial charge is 0.119 e.